The van der Waals surface area contributed by atoms with Gasteiger partial charge in [-0.05, 0) is 18.6 Å². The van der Waals surface area contributed by atoms with Crippen molar-refractivity contribution in [3.8, 4) is 0 Å². The zero-order valence-corrected chi connectivity index (χ0v) is 18.0. The molecule has 0 spiro atoms. The van der Waals surface area contributed by atoms with Crippen LogP contribution in [-0.4, -0.2) is 15.0 Å². The second-order valence-corrected chi connectivity index (χ2v) is 7.39. The van der Waals surface area contributed by atoms with Gasteiger partial charge in [-0.2, -0.15) is 8.42 Å². The van der Waals surface area contributed by atoms with E-state index in [-0.39, 0.29) is 32.6 Å². The molecule has 0 aromatic heterocycles. The van der Waals surface area contributed by atoms with Crippen molar-refractivity contribution in [2.24, 2.45) is 0 Å². The van der Waals surface area contributed by atoms with Gasteiger partial charge in [0.05, 0.1) is 11.5 Å². The van der Waals surface area contributed by atoms with Gasteiger partial charge < -0.3 is 0 Å². The number of hydrogen-bond acceptors (Lipinski definition) is 3. The standard InChI is InChI=1S/C18H30O3S.W/c1-2-3-4-5-6-7-8-9-10-14-17-21-22(19,20)18-15-12-11-13-16-18;/h11-13,15-16H,2-10,14,17H2,1H3;. The fraction of sp³-hybridized carbons (Fsp3) is 0.667. The van der Waals surface area contributed by atoms with Crippen molar-refractivity contribution in [3.05, 3.63) is 30.3 Å². The molecule has 0 aliphatic carbocycles. The second kappa shape index (κ2) is 14.2. The maximum absolute atomic E-state index is 11.9. The summed E-state index contributed by atoms with van der Waals surface area (Å²) in [5.74, 6) is 0. The molecule has 0 amide bonds. The van der Waals surface area contributed by atoms with Crippen LogP contribution in [0.3, 0.4) is 0 Å². The van der Waals surface area contributed by atoms with Crippen LogP contribution >= 0.6 is 0 Å². The van der Waals surface area contributed by atoms with Crippen molar-refractivity contribution in [1.82, 2.24) is 0 Å². The summed E-state index contributed by atoms with van der Waals surface area (Å²) >= 11 is 0. The van der Waals surface area contributed by atoms with Gasteiger partial charge in [-0.15, -0.1) is 0 Å². The summed E-state index contributed by atoms with van der Waals surface area (Å²) in [6, 6.07) is 8.33. The summed E-state index contributed by atoms with van der Waals surface area (Å²) in [5, 5.41) is 0. The van der Waals surface area contributed by atoms with Crippen molar-refractivity contribution >= 4 is 10.1 Å². The minimum absolute atomic E-state index is 0. The molecule has 0 unspecified atom stereocenters. The normalized spacial score (nSPS) is 11.2. The Labute approximate surface area is 156 Å². The predicted molar refractivity (Wildman–Crippen MR) is 91.4 cm³/mol. The van der Waals surface area contributed by atoms with E-state index in [1.54, 1.807) is 30.3 Å². The zero-order chi connectivity index (χ0) is 16.1. The molecule has 0 heterocycles. The Balaban J connectivity index is 0.00000484. The summed E-state index contributed by atoms with van der Waals surface area (Å²) in [4.78, 5) is 0.238. The molecule has 0 aliphatic heterocycles. The van der Waals surface area contributed by atoms with Crippen LogP contribution < -0.4 is 0 Å². The van der Waals surface area contributed by atoms with Gasteiger partial charge in [-0.3, -0.25) is 4.18 Å². The topological polar surface area (TPSA) is 43.4 Å². The van der Waals surface area contributed by atoms with Crippen molar-refractivity contribution in [2.45, 2.75) is 76.0 Å². The largest absolute Gasteiger partial charge is 0.296 e. The first-order chi connectivity index (χ1) is 10.7. The SMILES string of the molecule is CCCCCCCCCCCCOS(=O)(=O)c1ccccc1.[W]. The minimum Gasteiger partial charge on any atom is -0.266 e. The smallest absolute Gasteiger partial charge is 0.266 e. The predicted octanol–water partition coefficient (Wildman–Crippen LogP) is 5.31. The average molecular weight is 510 g/mol. The van der Waals surface area contributed by atoms with E-state index in [0.29, 0.717) is 0 Å². The summed E-state index contributed by atoms with van der Waals surface area (Å²) in [6.45, 7) is 2.52. The molecule has 0 saturated heterocycles. The third-order valence-electron chi connectivity index (χ3n) is 3.77. The quantitative estimate of drug-likeness (QED) is 0.267. The van der Waals surface area contributed by atoms with Crippen LogP contribution in [0.5, 0.6) is 0 Å². The third-order valence-corrected chi connectivity index (χ3v) is 5.09. The first-order valence-corrected chi connectivity index (χ1v) is 10.0. The van der Waals surface area contributed by atoms with Gasteiger partial charge >= 0.3 is 0 Å². The zero-order valence-electron chi connectivity index (χ0n) is 14.2. The maximum Gasteiger partial charge on any atom is 0.296 e. The molecule has 0 saturated carbocycles. The van der Waals surface area contributed by atoms with E-state index in [4.69, 9.17) is 4.18 Å². The van der Waals surface area contributed by atoms with E-state index >= 15 is 0 Å². The monoisotopic (exact) mass is 510 g/mol. The summed E-state index contributed by atoms with van der Waals surface area (Å²) < 4.78 is 28.8. The van der Waals surface area contributed by atoms with Crippen molar-refractivity contribution in [2.75, 3.05) is 6.61 Å². The summed E-state index contributed by atoms with van der Waals surface area (Å²) in [6.07, 6.45) is 12.3. The molecule has 5 heteroatoms. The molecule has 0 atom stereocenters. The van der Waals surface area contributed by atoms with E-state index in [0.717, 1.165) is 12.8 Å². The maximum atomic E-state index is 11.9. The molecule has 1 rings (SSSR count). The van der Waals surface area contributed by atoms with Crippen LogP contribution in [0.15, 0.2) is 35.2 Å². The molecule has 3 nitrogen and oxygen atoms in total. The number of benzene rings is 1. The Morgan fingerprint density at radius 3 is 1.78 bits per heavy atom. The Morgan fingerprint density at radius 1 is 0.783 bits per heavy atom. The fourth-order valence-electron chi connectivity index (χ4n) is 2.41. The van der Waals surface area contributed by atoms with Crippen LogP contribution in [0.4, 0.5) is 0 Å². The molecule has 0 bridgehead atoms. The van der Waals surface area contributed by atoms with Crippen LogP contribution in [-0.2, 0) is 35.4 Å². The van der Waals surface area contributed by atoms with Crippen molar-refractivity contribution in [3.63, 3.8) is 0 Å². The molecule has 0 aliphatic rings. The molecule has 0 fully saturated rings. The van der Waals surface area contributed by atoms with Crippen LogP contribution in [0, 0.1) is 0 Å². The molecular weight excluding hydrogens is 480 g/mol. The van der Waals surface area contributed by atoms with Crippen molar-refractivity contribution < 1.29 is 33.7 Å². The fourth-order valence-corrected chi connectivity index (χ4v) is 3.38. The van der Waals surface area contributed by atoms with Crippen LogP contribution in [0.25, 0.3) is 0 Å². The van der Waals surface area contributed by atoms with E-state index in [1.807, 2.05) is 0 Å². The van der Waals surface area contributed by atoms with Gasteiger partial charge in [-0.25, -0.2) is 0 Å². The number of hydrogen-bond donors (Lipinski definition) is 0. The number of rotatable bonds is 13. The Hall–Kier alpha value is -0.182. The summed E-state index contributed by atoms with van der Waals surface area (Å²) in [7, 11) is -3.57. The first-order valence-electron chi connectivity index (χ1n) is 8.61. The molecule has 0 radical (unpaired) electrons. The molecule has 1 aromatic carbocycles. The van der Waals surface area contributed by atoms with Gasteiger partial charge in [0.25, 0.3) is 10.1 Å². The van der Waals surface area contributed by atoms with Gasteiger partial charge in [-0.1, -0.05) is 82.9 Å². The molecular formula is C18H30O3SW. The summed E-state index contributed by atoms with van der Waals surface area (Å²) in [5.41, 5.74) is 0. The molecule has 0 N–H and O–H groups in total. The molecule has 23 heavy (non-hydrogen) atoms. The number of unbranched alkanes of at least 4 members (excludes halogenated alkanes) is 9. The Bertz CT molecular complexity index is 474. The molecule has 1 aromatic rings. The molecule has 132 valence electrons. The van der Waals surface area contributed by atoms with Crippen LogP contribution in [0.1, 0.15) is 71.1 Å². The van der Waals surface area contributed by atoms with Gasteiger partial charge in [0.15, 0.2) is 0 Å². The minimum atomic E-state index is -3.57. The Kier molecular flexibility index (Phi) is 14.1. The van der Waals surface area contributed by atoms with Crippen LogP contribution in [0.2, 0.25) is 0 Å². The Morgan fingerprint density at radius 2 is 1.26 bits per heavy atom. The van der Waals surface area contributed by atoms with Gasteiger partial charge in [0.2, 0.25) is 0 Å². The van der Waals surface area contributed by atoms with E-state index in [2.05, 4.69) is 6.92 Å². The average Bonchev–Trinajstić information content (AvgIpc) is 2.53. The van der Waals surface area contributed by atoms with Gasteiger partial charge in [0.1, 0.15) is 0 Å². The van der Waals surface area contributed by atoms with E-state index in [9.17, 15) is 8.42 Å². The van der Waals surface area contributed by atoms with E-state index in [1.165, 1.54) is 51.4 Å². The van der Waals surface area contributed by atoms with Crippen molar-refractivity contribution in [1.29, 1.82) is 0 Å². The first kappa shape index (κ1) is 22.8. The third kappa shape index (κ3) is 11.1. The van der Waals surface area contributed by atoms with Gasteiger partial charge in [0, 0.05) is 21.1 Å². The second-order valence-electron chi connectivity index (χ2n) is 5.77. The van der Waals surface area contributed by atoms with E-state index < -0.39 is 10.1 Å².